The third-order valence-corrected chi connectivity index (χ3v) is 4.62. The minimum absolute atomic E-state index is 0.316. The molecule has 0 aromatic heterocycles. The van der Waals surface area contributed by atoms with Crippen molar-refractivity contribution in [3.05, 3.63) is 0 Å². The molecule has 0 radical (unpaired) electrons. The Hall–Kier alpha value is -0.570. The van der Waals surface area contributed by atoms with E-state index < -0.39 is 11.6 Å². The Morgan fingerprint density at radius 2 is 1.88 bits per heavy atom. The number of ether oxygens (including phenoxy) is 1. The summed E-state index contributed by atoms with van der Waals surface area (Å²) < 4.78 is 5.53. The Kier molecular flexibility index (Phi) is 4.59. The normalized spacial score (nSPS) is 30.2. The molecule has 3 heteroatoms. The summed E-state index contributed by atoms with van der Waals surface area (Å²) in [6.45, 7) is 9.13. The zero-order valence-corrected chi connectivity index (χ0v) is 11.6. The number of carbonyl (C=O) groups is 1. The van der Waals surface area contributed by atoms with Gasteiger partial charge in [0.25, 0.3) is 0 Å². The SMILES string of the molecule is CCOC1(C(=O)O)CCC(C(C)(C)CC)CC1. The summed E-state index contributed by atoms with van der Waals surface area (Å²) in [5.74, 6) is -0.160. The van der Waals surface area contributed by atoms with Crippen molar-refractivity contribution >= 4 is 5.97 Å². The molecule has 100 valence electrons. The predicted octanol–water partition coefficient (Wildman–Crippen LogP) is 3.47. The second-order valence-corrected chi connectivity index (χ2v) is 5.85. The summed E-state index contributed by atoms with van der Waals surface area (Å²) in [5.41, 5.74) is -0.591. The van der Waals surface area contributed by atoms with Crippen LogP contribution in [0.1, 0.15) is 59.8 Å². The highest BCUT2D eigenvalue weighted by atomic mass is 16.5. The molecule has 1 aliphatic carbocycles. The van der Waals surface area contributed by atoms with E-state index in [2.05, 4.69) is 20.8 Å². The van der Waals surface area contributed by atoms with Crippen LogP contribution in [0.2, 0.25) is 0 Å². The first kappa shape index (κ1) is 14.5. The predicted molar refractivity (Wildman–Crippen MR) is 68.0 cm³/mol. The average molecular weight is 242 g/mol. The van der Waals surface area contributed by atoms with Crippen LogP contribution in [0.15, 0.2) is 0 Å². The van der Waals surface area contributed by atoms with E-state index in [0.29, 0.717) is 30.8 Å². The largest absolute Gasteiger partial charge is 0.479 e. The number of hydrogen-bond donors (Lipinski definition) is 1. The van der Waals surface area contributed by atoms with Crippen LogP contribution in [0.4, 0.5) is 0 Å². The minimum Gasteiger partial charge on any atom is -0.479 e. The molecule has 0 saturated heterocycles. The molecule has 1 aliphatic rings. The lowest BCUT2D eigenvalue weighted by Crippen LogP contribution is -2.46. The number of rotatable bonds is 5. The third-order valence-electron chi connectivity index (χ3n) is 4.62. The molecule has 0 atom stereocenters. The summed E-state index contributed by atoms with van der Waals surface area (Å²) in [6, 6.07) is 0. The van der Waals surface area contributed by atoms with Crippen LogP contribution in [0, 0.1) is 11.3 Å². The number of aliphatic carboxylic acids is 1. The number of hydrogen-bond acceptors (Lipinski definition) is 2. The van der Waals surface area contributed by atoms with Crippen LogP contribution in [-0.2, 0) is 9.53 Å². The van der Waals surface area contributed by atoms with Crippen LogP contribution in [-0.4, -0.2) is 23.3 Å². The van der Waals surface area contributed by atoms with Crippen molar-refractivity contribution in [2.24, 2.45) is 11.3 Å². The molecule has 0 amide bonds. The topological polar surface area (TPSA) is 46.5 Å². The van der Waals surface area contributed by atoms with Crippen LogP contribution in [0.5, 0.6) is 0 Å². The standard InChI is InChI=1S/C14H26O3/c1-5-13(3,4)11-7-9-14(10-8-11,12(15)16)17-6-2/h11H,5-10H2,1-4H3,(H,15,16). The fourth-order valence-electron chi connectivity index (χ4n) is 2.85. The molecule has 1 N–H and O–H groups in total. The average Bonchev–Trinajstić information content (AvgIpc) is 2.30. The summed E-state index contributed by atoms with van der Waals surface area (Å²) in [5, 5.41) is 9.34. The second kappa shape index (κ2) is 5.38. The van der Waals surface area contributed by atoms with Crippen LogP contribution >= 0.6 is 0 Å². The molecule has 0 aliphatic heterocycles. The highest BCUT2D eigenvalue weighted by molar-refractivity contribution is 5.77. The van der Waals surface area contributed by atoms with Gasteiger partial charge in [-0.25, -0.2) is 4.79 Å². The maximum atomic E-state index is 11.4. The molecule has 1 rings (SSSR count). The van der Waals surface area contributed by atoms with Gasteiger partial charge in [-0.2, -0.15) is 0 Å². The Bertz CT molecular complexity index is 263. The molecule has 3 nitrogen and oxygen atoms in total. The van der Waals surface area contributed by atoms with Gasteiger partial charge in [-0.1, -0.05) is 27.2 Å². The van der Waals surface area contributed by atoms with Crippen LogP contribution < -0.4 is 0 Å². The summed E-state index contributed by atoms with van der Waals surface area (Å²) >= 11 is 0. The van der Waals surface area contributed by atoms with E-state index in [1.165, 1.54) is 0 Å². The van der Waals surface area contributed by atoms with Crippen molar-refractivity contribution in [2.75, 3.05) is 6.61 Å². The lowest BCUT2D eigenvalue weighted by Gasteiger charge is -2.42. The lowest BCUT2D eigenvalue weighted by atomic mass is 9.66. The molecular weight excluding hydrogens is 216 g/mol. The summed E-state index contributed by atoms with van der Waals surface area (Å²) in [4.78, 5) is 11.4. The van der Waals surface area contributed by atoms with Gasteiger partial charge in [0.05, 0.1) is 0 Å². The van der Waals surface area contributed by atoms with E-state index in [9.17, 15) is 9.90 Å². The zero-order valence-electron chi connectivity index (χ0n) is 11.6. The molecule has 17 heavy (non-hydrogen) atoms. The van der Waals surface area contributed by atoms with E-state index in [-0.39, 0.29) is 0 Å². The molecule has 0 unspecified atom stereocenters. The van der Waals surface area contributed by atoms with Gasteiger partial charge in [-0.3, -0.25) is 0 Å². The van der Waals surface area contributed by atoms with Gasteiger partial charge in [0.2, 0.25) is 0 Å². The second-order valence-electron chi connectivity index (χ2n) is 5.85. The van der Waals surface area contributed by atoms with Crippen molar-refractivity contribution in [2.45, 2.75) is 65.4 Å². The molecule has 0 aromatic rings. The molecule has 1 saturated carbocycles. The van der Waals surface area contributed by atoms with Gasteiger partial charge in [0.15, 0.2) is 5.60 Å². The van der Waals surface area contributed by atoms with Crippen molar-refractivity contribution in [3.8, 4) is 0 Å². The highest BCUT2D eigenvalue weighted by Gasteiger charge is 2.45. The summed E-state index contributed by atoms with van der Waals surface area (Å²) in [6.07, 6.45) is 4.39. The van der Waals surface area contributed by atoms with Gasteiger partial charge in [-0.15, -0.1) is 0 Å². The quantitative estimate of drug-likeness (QED) is 0.803. The van der Waals surface area contributed by atoms with Crippen molar-refractivity contribution in [3.63, 3.8) is 0 Å². The fourth-order valence-corrected chi connectivity index (χ4v) is 2.85. The summed E-state index contributed by atoms with van der Waals surface area (Å²) in [7, 11) is 0. The van der Waals surface area contributed by atoms with Crippen LogP contribution in [0.3, 0.4) is 0 Å². The van der Waals surface area contributed by atoms with Gasteiger partial charge in [-0.05, 0) is 43.9 Å². The smallest absolute Gasteiger partial charge is 0.335 e. The monoisotopic (exact) mass is 242 g/mol. The molecule has 0 bridgehead atoms. The maximum Gasteiger partial charge on any atom is 0.335 e. The molecular formula is C14H26O3. The molecule has 0 spiro atoms. The Balaban J connectivity index is 2.68. The molecule has 1 fully saturated rings. The van der Waals surface area contributed by atoms with E-state index in [0.717, 1.165) is 19.3 Å². The number of carboxylic acid groups (broad SMARTS) is 1. The first-order valence-corrected chi connectivity index (χ1v) is 6.75. The lowest BCUT2D eigenvalue weighted by molar-refractivity contribution is -0.172. The van der Waals surface area contributed by atoms with E-state index in [1.54, 1.807) is 0 Å². The first-order chi connectivity index (χ1) is 7.88. The van der Waals surface area contributed by atoms with Gasteiger partial charge >= 0.3 is 5.97 Å². The maximum absolute atomic E-state index is 11.4. The Morgan fingerprint density at radius 3 is 2.24 bits per heavy atom. The van der Waals surface area contributed by atoms with Gasteiger partial charge in [0.1, 0.15) is 0 Å². The number of carboxylic acids is 1. The third kappa shape index (κ3) is 3.01. The molecule has 0 aromatic carbocycles. The van der Waals surface area contributed by atoms with E-state index in [1.807, 2.05) is 6.92 Å². The molecule has 0 heterocycles. The van der Waals surface area contributed by atoms with Crippen LogP contribution in [0.25, 0.3) is 0 Å². The van der Waals surface area contributed by atoms with Gasteiger partial charge < -0.3 is 9.84 Å². The van der Waals surface area contributed by atoms with Crippen molar-refractivity contribution in [1.29, 1.82) is 0 Å². The van der Waals surface area contributed by atoms with Gasteiger partial charge in [0, 0.05) is 6.61 Å². The zero-order chi connectivity index (χ0) is 13.1. The Labute approximate surface area is 105 Å². The van der Waals surface area contributed by atoms with Crippen molar-refractivity contribution < 1.29 is 14.6 Å². The minimum atomic E-state index is -0.908. The van der Waals surface area contributed by atoms with E-state index in [4.69, 9.17) is 4.74 Å². The fraction of sp³-hybridized carbons (Fsp3) is 0.929. The van der Waals surface area contributed by atoms with E-state index >= 15 is 0 Å². The highest BCUT2D eigenvalue weighted by Crippen LogP contribution is 2.44. The first-order valence-electron chi connectivity index (χ1n) is 6.75. The van der Waals surface area contributed by atoms with Crippen molar-refractivity contribution in [1.82, 2.24) is 0 Å². The Morgan fingerprint density at radius 1 is 1.35 bits per heavy atom.